The van der Waals surface area contributed by atoms with Gasteiger partial charge in [-0.25, -0.2) is 0 Å². The summed E-state index contributed by atoms with van der Waals surface area (Å²) in [6.45, 7) is 8.78. The Hall–Kier alpha value is -0.740. The van der Waals surface area contributed by atoms with Crippen LogP contribution in [0.4, 0.5) is 5.69 Å². The zero-order valence-electron chi connectivity index (χ0n) is 11.4. The predicted molar refractivity (Wildman–Crippen MR) is 80.3 cm³/mol. The van der Waals surface area contributed by atoms with Gasteiger partial charge in [0.15, 0.2) is 0 Å². The van der Waals surface area contributed by atoms with Crippen LogP contribution in [0.5, 0.6) is 0 Å². The molecule has 1 fully saturated rings. The first kappa shape index (κ1) is 13.7. The van der Waals surface area contributed by atoms with Gasteiger partial charge in [-0.05, 0) is 24.1 Å². The summed E-state index contributed by atoms with van der Waals surface area (Å²) in [5, 5.41) is 3.52. The molecule has 1 saturated heterocycles. The van der Waals surface area contributed by atoms with Gasteiger partial charge in [-0.3, -0.25) is 4.98 Å². The number of hydrogen-bond acceptors (Lipinski definition) is 4. The molecule has 0 radical (unpaired) electrons. The molecular weight excluding hydrogens is 242 g/mol. The van der Waals surface area contributed by atoms with E-state index >= 15 is 0 Å². The standard InChI is InChI=1S/C14H23N3S/c1-12(2)9-16-10-13-3-4-15-11-14(13)17-5-7-18-8-6-17/h3-4,11-12,16H,5-10H2,1-2H3. The van der Waals surface area contributed by atoms with Crippen LogP contribution in [0.15, 0.2) is 18.5 Å². The van der Waals surface area contributed by atoms with Crippen molar-refractivity contribution in [2.45, 2.75) is 20.4 Å². The Morgan fingerprint density at radius 3 is 2.89 bits per heavy atom. The first-order valence-electron chi connectivity index (χ1n) is 6.73. The highest BCUT2D eigenvalue weighted by molar-refractivity contribution is 7.99. The molecule has 4 heteroatoms. The van der Waals surface area contributed by atoms with Gasteiger partial charge in [-0.15, -0.1) is 0 Å². The Morgan fingerprint density at radius 2 is 2.17 bits per heavy atom. The molecule has 1 aromatic rings. The first-order valence-corrected chi connectivity index (χ1v) is 7.89. The van der Waals surface area contributed by atoms with Crippen LogP contribution in [-0.2, 0) is 6.54 Å². The molecule has 1 aliphatic rings. The molecule has 1 N–H and O–H groups in total. The van der Waals surface area contributed by atoms with Crippen LogP contribution in [0.25, 0.3) is 0 Å². The number of anilines is 1. The van der Waals surface area contributed by atoms with Crippen LogP contribution in [0.2, 0.25) is 0 Å². The third-order valence-electron chi connectivity index (χ3n) is 3.11. The number of pyridine rings is 1. The minimum atomic E-state index is 0.696. The van der Waals surface area contributed by atoms with Crippen molar-refractivity contribution < 1.29 is 0 Å². The average molecular weight is 265 g/mol. The number of rotatable bonds is 5. The fourth-order valence-corrected chi connectivity index (χ4v) is 3.05. The van der Waals surface area contributed by atoms with E-state index < -0.39 is 0 Å². The summed E-state index contributed by atoms with van der Waals surface area (Å²) in [4.78, 5) is 6.76. The van der Waals surface area contributed by atoms with Gasteiger partial charge >= 0.3 is 0 Å². The Labute approximate surface area is 114 Å². The summed E-state index contributed by atoms with van der Waals surface area (Å²) >= 11 is 2.04. The lowest BCUT2D eigenvalue weighted by Gasteiger charge is -2.30. The highest BCUT2D eigenvalue weighted by Gasteiger charge is 2.14. The van der Waals surface area contributed by atoms with Crippen molar-refractivity contribution in [2.24, 2.45) is 5.92 Å². The minimum Gasteiger partial charge on any atom is -0.368 e. The van der Waals surface area contributed by atoms with Crippen LogP contribution in [0, 0.1) is 5.92 Å². The van der Waals surface area contributed by atoms with Crippen molar-refractivity contribution in [2.75, 3.05) is 36.0 Å². The van der Waals surface area contributed by atoms with Gasteiger partial charge in [-0.2, -0.15) is 11.8 Å². The van der Waals surface area contributed by atoms with E-state index in [1.54, 1.807) is 0 Å². The van der Waals surface area contributed by atoms with E-state index in [9.17, 15) is 0 Å². The Bertz CT molecular complexity index is 362. The molecule has 0 unspecified atom stereocenters. The topological polar surface area (TPSA) is 28.2 Å². The second kappa shape index (κ2) is 7.00. The molecule has 1 aliphatic heterocycles. The molecule has 0 atom stereocenters. The van der Waals surface area contributed by atoms with Crippen molar-refractivity contribution >= 4 is 17.4 Å². The van der Waals surface area contributed by atoms with Gasteiger partial charge in [0.05, 0.1) is 11.9 Å². The highest BCUT2D eigenvalue weighted by Crippen LogP contribution is 2.22. The predicted octanol–water partition coefficient (Wildman–Crippen LogP) is 2.38. The maximum Gasteiger partial charge on any atom is 0.0598 e. The lowest BCUT2D eigenvalue weighted by molar-refractivity contribution is 0.552. The Balaban J connectivity index is 2.00. The molecule has 2 rings (SSSR count). The van der Waals surface area contributed by atoms with E-state index in [0.29, 0.717) is 5.92 Å². The molecule has 0 bridgehead atoms. The van der Waals surface area contributed by atoms with E-state index in [-0.39, 0.29) is 0 Å². The van der Waals surface area contributed by atoms with E-state index in [2.05, 4.69) is 35.1 Å². The number of nitrogens with zero attached hydrogens (tertiary/aromatic N) is 2. The third kappa shape index (κ3) is 3.89. The molecule has 100 valence electrons. The lowest BCUT2D eigenvalue weighted by atomic mass is 10.2. The molecule has 0 spiro atoms. The summed E-state index contributed by atoms with van der Waals surface area (Å²) in [7, 11) is 0. The molecular formula is C14H23N3S. The van der Waals surface area contributed by atoms with Crippen LogP contribution < -0.4 is 10.2 Å². The third-order valence-corrected chi connectivity index (χ3v) is 4.05. The second-order valence-electron chi connectivity index (χ2n) is 5.13. The number of hydrogen-bond donors (Lipinski definition) is 1. The van der Waals surface area contributed by atoms with Crippen molar-refractivity contribution in [3.05, 3.63) is 24.0 Å². The van der Waals surface area contributed by atoms with E-state index in [1.807, 2.05) is 24.2 Å². The summed E-state index contributed by atoms with van der Waals surface area (Å²) in [5.74, 6) is 3.16. The molecule has 0 amide bonds. The number of aromatic nitrogens is 1. The fourth-order valence-electron chi connectivity index (χ4n) is 2.15. The molecule has 3 nitrogen and oxygen atoms in total. The number of thioether (sulfide) groups is 1. The highest BCUT2D eigenvalue weighted by atomic mass is 32.2. The maximum atomic E-state index is 4.29. The Morgan fingerprint density at radius 1 is 1.39 bits per heavy atom. The minimum absolute atomic E-state index is 0.696. The van der Waals surface area contributed by atoms with Gasteiger partial charge in [-0.1, -0.05) is 13.8 Å². The van der Waals surface area contributed by atoms with Crippen molar-refractivity contribution in [1.29, 1.82) is 0 Å². The molecule has 0 aliphatic carbocycles. The molecule has 0 saturated carbocycles. The van der Waals surface area contributed by atoms with Gasteiger partial charge in [0.2, 0.25) is 0 Å². The number of nitrogens with one attached hydrogen (secondary N) is 1. The normalized spacial score (nSPS) is 16.3. The molecule has 2 heterocycles. The zero-order chi connectivity index (χ0) is 12.8. The second-order valence-corrected chi connectivity index (χ2v) is 6.35. The zero-order valence-corrected chi connectivity index (χ0v) is 12.2. The van der Waals surface area contributed by atoms with Crippen LogP contribution in [-0.4, -0.2) is 36.1 Å². The fraction of sp³-hybridized carbons (Fsp3) is 0.643. The summed E-state index contributed by atoms with van der Waals surface area (Å²) in [6, 6.07) is 2.14. The summed E-state index contributed by atoms with van der Waals surface area (Å²) in [6.07, 6.45) is 3.91. The van der Waals surface area contributed by atoms with Crippen molar-refractivity contribution in [3.8, 4) is 0 Å². The SMILES string of the molecule is CC(C)CNCc1ccncc1N1CCSCC1. The van der Waals surface area contributed by atoms with Crippen molar-refractivity contribution in [3.63, 3.8) is 0 Å². The monoisotopic (exact) mass is 265 g/mol. The van der Waals surface area contributed by atoms with Crippen molar-refractivity contribution in [1.82, 2.24) is 10.3 Å². The van der Waals surface area contributed by atoms with Gasteiger partial charge in [0.1, 0.15) is 0 Å². The lowest BCUT2D eigenvalue weighted by Crippen LogP contribution is -2.33. The van der Waals surface area contributed by atoms with E-state index in [4.69, 9.17) is 0 Å². The molecule has 1 aromatic heterocycles. The first-order chi connectivity index (χ1) is 8.77. The molecule has 18 heavy (non-hydrogen) atoms. The van der Waals surface area contributed by atoms with Gasteiger partial charge in [0, 0.05) is 37.3 Å². The largest absolute Gasteiger partial charge is 0.368 e. The smallest absolute Gasteiger partial charge is 0.0598 e. The van der Waals surface area contributed by atoms with Crippen LogP contribution in [0.3, 0.4) is 0 Å². The average Bonchev–Trinajstić information content (AvgIpc) is 2.40. The summed E-state index contributed by atoms with van der Waals surface area (Å²) in [5.41, 5.74) is 2.69. The maximum absolute atomic E-state index is 4.29. The Kier molecular flexibility index (Phi) is 5.32. The van der Waals surface area contributed by atoms with Gasteiger partial charge < -0.3 is 10.2 Å². The van der Waals surface area contributed by atoms with Crippen LogP contribution in [0.1, 0.15) is 19.4 Å². The van der Waals surface area contributed by atoms with E-state index in [1.165, 1.54) is 22.8 Å². The van der Waals surface area contributed by atoms with Gasteiger partial charge in [0.25, 0.3) is 0 Å². The molecule has 0 aromatic carbocycles. The van der Waals surface area contributed by atoms with E-state index in [0.717, 1.165) is 26.2 Å². The quantitative estimate of drug-likeness (QED) is 0.885. The summed E-state index contributed by atoms with van der Waals surface area (Å²) < 4.78 is 0. The van der Waals surface area contributed by atoms with Crippen LogP contribution >= 0.6 is 11.8 Å².